The Morgan fingerprint density at radius 2 is 2.18 bits per heavy atom. The predicted molar refractivity (Wildman–Crippen MR) is 62.7 cm³/mol. The number of hydrogen-bond acceptors (Lipinski definition) is 2. The number of nitrogens with zero attached hydrogens (tertiary/aromatic N) is 2. The zero-order valence-corrected chi connectivity index (χ0v) is 9.95. The summed E-state index contributed by atoms with van der Waals surface area (Å²) in [6, 6.07) is 4.48. The molecule has 6 heteroatoms. The number of urea groups is 1. The average Bonchev–Trinajstić information content (AvgIpc) is 2.31. The summed E-state index contributed by atoms with van der Waals surface area (Å²) in [6.45, 7) is 1.31. The van der Waals surface area contributed by atoms with E-state index in [2.05, 4.69) is 0 Å². The van der Waals surface area contributed by atoms with E-state index in [-0.39, 0.29) is 17.6 Å². The maximum atomic E-state index is 13.7. The third-order valence-electron chi connectivity index (χ3n) is 2.74. The molecule has 2 rings (SSSR count). The van der Waals surface area contributed by atoms with Crippen molar-refractivity contribution in [1.82, 2.24) is 9.91 Å². The minimum atomic E-state index is -0.476. The summed E-state index contributed by atoms with van der Waals surface area (Å²) in [5.74, 6) is 5.04. The highest BCUT2D eigenvalue weighted by molar-refractivity contribution is 6.30. The molecule has 1 fully saturated rings. The topological polar surface area (TPSA) is 49.6 Å². The zero-order chi connectivity index (χ0) is 12.4. The molecule has 0 atom stereocenters. The van der Waals surface area contributed by atoms with Gasteiger partial charge in [-0.2, -0.15) is 0 Å². The van der Waals surface area contributed by atoms with Crippen LogP contribution in [-0.4, -0.2) is 29.0 Å². The Bertz CT molecular complexity index is 441. The van der Waals surface area contributed by atoms with Crippen LogP contribution in [0.15, 0.2) is 18.2 Å². The summed E-state index contributed by atoms with van der Waals surface area (Å²) < 4.78 is 13.7. The molecule has 4 nitrogen and oxygen atoms in total. The Hall–Kier alpha value is -1.33. The number of rotatable bonds is 2. The van der Waals surface area contributed by atoms with Crippen LogP contribution in [0.3, 0.4) is 0 Å². The smallest absolute Gasteiger partial charge is 0.319 e. The number of benzene rings is 1. The number of amides is 2. The third-order valence-corrected chi connectivity index (χ3v) is 3.03. The van der Waals surface area contributed by atoms with Crippen molar-refractivity contribution in [2.75, 3.05) is 13.1 Å². The molecule has 1 aromatic rings. The van der Waals surface area contributed by atoms with Gasteiger partial charge in [0.15, 0.2) is 0 Å². The van der Waals surface area contributed by atoms with Gasteiger partial charge in [-0.3, -0.25) is 5.01 Å². The first-order valence-electron chi connectivity index (χ1n) is 5.33. The van der Waals surface area contributed by atoms with E-state index < -0.39 is 5.82 Å². The molecule has 1 aliphatic heterocycles. The van der Waals surface area contributed by atoms with Gasteiger partial charge in [-0.25, -0.2) is 15.0 Å². The SMILES string of the molecule is NN1CCCN(Cc2cccc(Cl)c2F)C1=O. The second kappa shape index (κ2) is 4.89. The van der Waals surface area contributed by atoms with Crippen LogP contribution in [0.25, 0.3) is 0 Å². The molecule has 0 saturated carbocycles. The number of nitrogens with two attached hydrogens (primary N) is 1. The van der Waals surface area contributed by atoms with E-state index in [1.807, 2.05) is 0 Å². The Balaban J connectivity index is 2.15. The summed E-state index contributed by atoms with van der Waals surface area (Å²) in [7, 11) is 0. The lowest BCUT2D eigenvalue weighted by molar-refractivity contribution is 0.126. The molecule has 1 aromatic carbocycles. The molecule has 2 N–H and O–H groups in total. The van der Waals surface area contributed by atoms with Crippen LogP contribution in [-0.2, 0) is 6.54 Å². The number of carbonyl (C=O) groups excluding carboxylic acids is 1. The Kier molecular flexibility index (Phi) is 3.49. The van der Waals surface area contributed by atoms with Crippen molar-refractivity contribution in [2.24, 2.45) is 5.84 Å². The molecule has 0 radical (unpaired) electrons. The first-order chi connectivity index (χ1) is 8.09. The van der Waals surface area contributed by atoms with Gasteiger partial charge < -0.3 is 4.90 Å². The Morgan fingerprint density at radius 3 is 2.94 bits per heavy atom. The average molecular weight is 258 g/mol. The highest BCUT2D eigenvalue weighted by Crippen LogP contribution is 2.20. The molecule has 0 aromatic heterocycles. The van der Waals surface area contributed by atoms with Gasteiger partial charge in [0.1, 0.15) is 5.82 Å². The van der Waals surface area contributed by atoms with Gasteiger partial charge >= 0.3 is 6.03 Å². The van der Waals surface area contributed by atoms with E-state index in [4.69, 9.17) is 17.4 Å². The van der Waals surface area contributed by atoms with Gasteiger partial charge in [-0.05, 0) is 12.5 Å². The van der Waals surface area contributed by atoms with Crippen LogP contribution in [0.2, 0.25) is 5.02 Å². The van der Waals surface area contributed by atoms with E-state index in [1.54, 1.807) is 12.1 Å². The molecule has 1 heterocycles. The molecule has 0 spiro atoms. The molecule has 0 unspecified atom stereocenters. The third kappa shape index (κ3) is 2.50. The molecular weight excluding hydrogens is 245 g/mol. The molecule has 1 aliphatic rings. The lowest BCUT2D eigenvalue weighted by Gasteiger charge is -2.32. The van der Waals surface area contributed by atoms with Gasteiger partial charge in [0.25, 0.3) is 0 Å². The lowest BCUT2D eigenvalue weighted by atomic mass is 10.2. The van der Waals surface area contributed by atoms with Crippen LogP contribution >= 0.6 is 11.6 Å². The first-order valence-corrected chi connectivity index (χ1v) is 5.71. The van der Waals surface area contributed by atoms with Crippen LogP contribution < -0.4 is 5.84 Å². The van der Waals surface area contributed by atoms with E-state index in [1.165, 1.54) is 11.0 Å². The van der Waals surface area contributed by atoms with Gasteiger partial charge in [-0.1, -0.05) is 23.7 Å². The molecule has 92 valence electrons. The van der Waals surface area contributed by atoms with Crippen molar-refractivity contribution in [1.29, 1.82) is 0 Å². The second-order valence-corrected chi connectivity index (χ2v) is 4.37. The maximum absolute atomic E-state index is 13.7. The van der Waals surface area contributed by atoms with E-state index in [9.17, 15) is 9.18 Å². The van der Waals surface area contributed by atoms with Gasteiger partial charge in [0, 0.05) is 18.7 Å². The van der Waals surface area contributed by atoms with Crippen molar-refractivity contribution in [3.8, 4) is 0 Å². The molecular formula is C11H13ClFN3O. The van der Waals surface area contributed by atoms with Crippen molar-refractivity contribution in [3.05, 3.63) is 34.6 Å². The standard InChI is InChI=1S/C11H13ClFN3O/c12-9-4-1-3-8(10(9)13)7-15-5-2-6-16(14)11(15)17/h1,3-4H,2,5-7,14H2. The van der Waals surface area contributed by atoms with E-state index >= 15 is 0 Å². The molecule has 0 aliphatic carbocycles. The minimum Gasteiger partial charge on any atom is -0.319 e. The van der Waals surface area contributed by atoms with Crippen molar-refractivity contribution in [2.45, 2.75) is 13.0 Å². The van der Waals surface area contributed by atoms with E-state index in [0.717, 1.165) is 11.4 Å². The maximum Gasteiger partial charge on any atom is 0.334 e. The largest absolute Gasteiger partial charge is 0.334 e. The van der Waals surface area contributed by atoms with Crippen molar-refractivity contribution >= 4 is 17.6 Å². The number of carbonyl (C=O) groups is 1. The monoisotopic (exact) mass is 257 g/mol. The quantitative estimate of drug-likeness (QED) is 0.651. The lowest BCUT2D eigenvalue weighted by Crippen LogP contribution is -2.52. The predicted octanol–water partition coefficient (Wildman–Crippen LogP) is 1.98. The molecule has 2 amide bonds. The van der Waals surface area contributed by atoms with Gasteiger partial charge in [-0.15, -0.1) is 0 Å². The molecule has 1 saturated heterocycles. The van der Waals surface area contributed by atoms with Crippen molar-refractivity contribution in [3.63, 3.8) is 0 Å². The zero-order valence-electron chi connectivity index (χ0n) is 9.20. The fourth-order valence-corrected chi connectivity index (χ4v) is 2.02. The Labute approximate surface area is 104 Å². The van der Waals surface area contributed by atoms with Crippen LogP contribution in [0.5, 0.6) is 0 Å². The van der Waals surface area contributed by atoms with Gasteiger partial charge in [0.05, 0.1) is 11.6 Å². The van der Waals surface area contributed by atoms with Gasteiger partial charge in [0.2, 0.25) is 0 Å². The summed E-state index contributed by atoms with van der Waals surface area (Å²) >= 11 is 5.68. The highest BCUT2D eigenvalue weighted by atomic mass is 35.5. The van der Waals surface area contributed by atoms with E-state index in [0.29, 0.717) is 18.7 Å². The van der Waals surface area contributed by atoms with Crippen molar-refractivity contribution < 1.29 is 9.18 Å². The minimum absolute atomic E-state index is 0.0663. The Morgan fingerprint density at radius 1 is 1.41 bits per heavy atom. The van der Waals surface area contributed by atoms with Crippen LogP contribution in [0.1, 0.15) is 12.0 Å². The molecule has 0 bridgehead atoms. The first kappa shape index (κ1) is 12.1. The number of hydrazine groups is 1. The fourth-order valence-electron chi connectivity index (χ4n) is 1.83. The normalized spacial score (nSPS) is 16.5. The fraction of sp³-hybridized carbons (Fsp3) is 0.364. The summed E-state index contributed by atoms with van der Waals surface area (Å²) in [5, 5.41) is 1.21. The summed E-state index contributed by atoms with van der Waals surface area (Å²) in [5.41, 5.74) is 0.404. The second-order valence-electron chi connectivity index (χ2n) is 3.96. The summed E-state index contributed by atoms with van der Waals surface area (Å²) in [6.07, 6.45) is 0.782. The van der Waals surface area contributed by atoms with Crippen LogP contribution in [0.4, 0.5) is 9.18 Å². The highest BCUT2D eigenvalue weighted by Gasteiger charge is 2.24. The number of halogens is 2. The van der Waals surface area contributed by atoms with Crippen LogP contribution in [0, 0.1) is 5.82 Å². The number of hydrogen-bond donors (Lipinski definition) is 1. The summed E-state index contributed by atoms with van der Waals surface area (Å²) in [4.78, 5) is 13.2. The molecule has 17 heavy (non-hydrogen) atoms.